The van der Waals surface area contributed by atoms with Crippen LogP contribution in [0.1, 0.15) is 20.3 Å². The van der Waals surface area contributed by atoms with Crippen molar-refractivity contribution in [2.24, 2.45) is 0 Å². The number of hydrogen-bond donors (Lipinski definition) is 0. The molecule has 0 saturated carbocycles. The van der Waals surface area contributed by atoms with Crippen LogP contribution < -0.4 is 4.90 Å². The zero-order chi connectivity index (χ0) is 14.9. The molecule has 4 nitrogen and oxygen atoms in total. The molecule has 1 aromatic rings. The van der Waals surface area contributed by atoms with E-state index in [4.69, 9.17) is 11.6 Å². The van der Waals surface area contributed by atoms with E-state index in [-0.39, 0.29) is 16.8 Å². The second kappa shape index (κ2) is 5.79. The van der Waals surface area contributed by atoms with Crippen LogP contribution in [0.4, 0.5) is 10.1 Å². The highest BCUT2D eigenvalue weighted by Crippen LogP contribution is 2.25. The molecule has 1 saturated heterocycles. The Morgan fingerprint density at radius 1 is 1.45 bits per heavy atom. The Balaban J connectivity index is 2.22. The fourth-order valence-electron chi connectivity index (χ4n) is 2.32. The van der Waals surface area contributed by atoms with E-state index in [1.54, 1.807) is 18.7 Å². The number of nitrogens with zero attached hydrogens (tertiary/aromatic N) is 2. The molecule has 0 aliphatic carbocycles. The molecule has 1 atom stereocenters. The molecular weight excluding hydrogens is 283 g/mol. The van der Waals surface area contributed by atoms with E-state index >= 15 is 0 Å². The third-order valence-electron chi connectivity index (χ3n) is 3.49. The molecule has 1 aromatic carbocycles. The van der Waals surface area contributed by atoms with Gasteiger partial charge in [0.1, 0.15) is 11.9 Å². The summed E-state index contributed by atoms with van der Waals surface area (Å²) in [7, 11) is 0. The zero-order valence-electron chi connectivity index (χ0n) is 11.4. The molecule has 0 unspecified atom stereocenters. The number of benzene rings is 1. The summed E-state index contributed by atoms with van der Waals surface area (Å²) < 4.78 is 13.2. The van der Waals surface area contributed by atoms with Gasteiger partial charge in [0, 0.05) is 25.2 Å². The van der Waals surface area contributed by atoms with Gasteiger partial charge in [-0.2, -0.15) is 0 Å². The monoisotopic (exact) mass is 298 g/mol. The second-order valence-electron chi connectivity index (χ2n) is 4.70. The second-order valence-corrected chi connectivity index (χ2v) is 5.11. The minimum Gasteiger partial charge on any atom is -0.329 e. The summed E-state index contributed by atoms with van der Waals surface area (Å²) >= 11 is 5.74. The summed E-state index contributed by atoms with van der Waals surface area (Å²) in [6.45, 7) is 4.32. The maximum absolute atomic E-state index is 13.2. The molecule has 0 aromatic heterocycles. The summed E-state index contributed by atoms with van der Waals surface area (Å²) in [5, 5.41) is -0.0185. The molecule has 1 aliphatic rings. The normalized spacial score (nSPS) is 19.4. The van der Waals surface area contributed by atoms with Crippen molar-refractivity contribution in [3.63, 3.8) is 0 Å². The van der Waals surface area contributed by atoms with Crippen LogP contribution in [0.15, 0.2) is 18.2 Å². The largest absolute Gasteiger partial charge is 0.329 e. The van der Waals surface area contributed by atoms with Crippen LogP contribution >= 0.6 is 11.6 Å². The molecule has 1 fully saturated rings. The topological polar surface area (TPSA) is 40.6 Å². The standard InChI is InChI=1S/C14H16ClFN2O2/c1-3-13(19)17-6-7-18(14(20)9(17)2)10-4-5-12(16)11(15)8-10/h4-5,8-9H,3,6-7H2,1-2H3/t9-/m0/s1. The van der Waals surface area contributed by atoms with E-state index < -0.39 is 11.9 Å². The number of hydrogen-bond acceptors (Lipinski definition) is 2. The van der Waals surface area contributed by atoms with Crippen LogP contribution in [-0.2, 0) is 9.59 Å². The Morgan fingerprint density at radius 3 is 2.75 bits per heavy atom. The molecular formula is C14H16ClFN2O2. The Bertz CT molecular complexity index is 550. The number of carbonyl (C=O) groups excluding carboxylic acids is 2. The lowest BCUT2D eigenvalue weighted by Gasteiger charge is -2.39. The van der Waals surface area contributed by atoms with Crippen molar-refractivity contribution in [1.82, 2.24) is 4.90 Å². The maximum Gasteiger partial charge on any atom is 0.249 e. The van der Waals surface area contributed by atoms with Gasteiger partial charge in [0.25, 0.3) is 0 Å². The van der Waals surface area contributed by atoms with Gasteiger partial charge in [-0.15, -0.1) is 0 Å². The Kier molecular flexibility index (Phi) is 4.28. The van der Waals surface area contributed by atoms with E-state index in [1.165, 1.54) is 23.1 Å². The summed E-state index contributed by atoms with van der Waals surface area (Å²) in [6, 6.07) is 3.67. The van der Waals surface area contributed by atoms with Crippen LogP contribution in [0.25, 0.3) is 0 Å². The highest BCUT2D eigenvalue weighted by Gasteiger charge is 2.34. The van der Waals surface area contributed by atoms with Crippen molar-refractivity contribution < 1.29 is 14.0 Å². The molecule has 0 spiro atoms. The molecule has 0 bridgehead atoms. The molecule has 20 heavy (non-hydrogen) atoms. The van der Waals surface area contributed by atoms with Crippen LogP contribution in [0.3, 0.4) is 0 Å². The van der Waals surface area contributed by atoms with E-state index in [0.717, 1.165) is 0 Å². The third-order valence-corrected chi connectivity index (χ3v) is 3.78. The molecule has 2 rings (SSSR count). The molecule has 6 heteroatoms. The molecule has 0 radical (unpaired) electrons. The molecule has 1 heterocycles. The first-order valence-electron chi connectivity index (χ1n) is 6.51. The minimum atomic E-state index is -0.518. The molecule has 2 amide bonds. The fourth-order valence-corrected chi connectivity index (χ4v) is 2.50. The van der Waals surface area contributed by atoms with Gasteiger partial charge in [-0.05, 0) is 25.1 Å². The van der Waals surface area contributed by atoms with E-state index in [2.05, 4.69) is 0 Å². The van der Waals surface area contributed by atoms with Crippen LogP contribution in [0, 0.1) is 5.82 Å². The van der Waals surface area contributed by atoms with Crippen LogP contribution in [0.5, 0.6) is 0 Å². The van der Waals surface area contributed by atoms with Crippen molar-refractivity contribution in [3.8, 4) is 0 Å². The average Bonchev–Trinajstić information content (AvgIpc) is 2.44. The lowest BCUT2D eigenvalue weighted by molar-refractivity contribution is -0.140. The lowest BCUT2D eigenvalue weighted by Crippen LogP contribution is -2.57. The summed E-state index contributed by atoms with van der Waals surface area (Å²) in [5.74, 6) is -0.737. The number of carbonyl (C=O) groups is 2. The van der Waals surface area contributed by atoms with E-state index in [9.17, 15) is 14.0 Å². The zero-order valence-corrected chi connectivity index (χ0v) is 12.2. The summed E-state index contributed by atoms with van der Waals surface area (Å²) in [4.78, 5) is 27.2. The molecule has 0 N–H and O–H groups in total. The predicted molar refractivity (Wildman–Crippen MR) is 75.2 cm³/mol. The average molecular weight is 299 g/mol. The number of piperazine rings is 1. The van der Waals surface area contributed by atoms with Crippen molar-refractivity contribution in [2.75, 3.05) is 18.0 Å². The third kappa shape index (κ3) is 2.63. The first-order valence-corrected chi connectivity index (χ1v) is 6.89. The first-order chi connectivity index (χ1) is 9.45. The summed E-state index contributed by atoms with van der Waals surface area (Å²) in [5.41, 5.74) is 0.553. The van der Waals surface area contributed by atoms with Crippen molar-refractivity contribution in [1.29, 1.82) is 0 Å². The predicted octanol–water partition coefficient (Wildman–Crippen LogP) is 2.45. The van der Waals surface area contributed by atoms with Gasteiger partial charge < -0.3 is 9.80 Å². The number of halogens is 2. The van der Waals surface area contributed by atoms with Gasteiger partial charge in [-0.1, -0.05) is 18.5 Å². The number of amides is 2. The molecule has 108 valence electrons. The summed E-state index contributed by atoms with van der Waals surface area (Å²) in [6.07, 6.45) is 0.375. The Morgan fingerprint density at radius 2 is 2.15 bits per heavy atom. The van der Waals surface area contributed by atoms with E-state index in [0.29, 0.717) is 25.2 Å². The van der Waals surface area contributed by atoms with Crippen LogP contribution in [-0.4, -0.2) is 35.8 Å². The van der Waals surface area contributed by atoms with Gasteiger partial charge in [0.2, 0.25) is 11.8 Å². The van der Waals surface area contributed by atoms with E-state index in [1.807, 2.05) is 0 Å². The van der Waals surface area contributed by atoms with Gasteiger partial charge in [0.15, 0.2) is 0 Å². The van der Waals surface area contributed by atoms with Gasteiger partial charge in [-0.3, -0.25) is 9.59 Å². The SMILES string of the molecule is CCC(=O)N1CCN(c2ccc(F)c(Cl)c2)C(=O)[C@@H]1C. The number of rotatable bonds is 2. The van der Waals surface area contributed by atoms with Crippen LogP contribution in [0.2, 0.25) is 5.02 Å². The Hall–Kier alpha value is -1.62. The van der Waals surface area contributed by atoms with Crippen molar-refractivity contribution in [3.05, 3.63) is 29.0 Å². The highest BCUT2D eigenvalue weighted by molar-refractivity contribution is 6.31. The smallest absolute Gasteiger partial charge is 0.249 e. The van der Waals surface area contributed by atoms with Gasteiger partial charge >= 0.3 is 0 Å². The van der Waals surface area contributed by atoms with Crippen molar-refractivity contribution >= 4 is 29.1 Å². The quantitative estimate of drug-likeness (QED) is 0.841. The number of anilines is 1. The molecule has 1 aliphatic heterocycles. The Labute approximate surface area is 122 Å². The van der Waals surface area contributed by atoms with Crippen molar-refractivity contribution in [2.45, 2.75) is 26.3 Å². The van der Waals surface area contributed by atoms with Gasteiger partial charge in [-0.25, -0.2) is 4.39 Å². The maximum atomic E-state index is 13.2. The minimum absolute atomic E-state index is 0.0185. The highest BCUT2D eigenvalue weighted by atomic mass is 35.5. The van der Waals surface area contributed by atoms with Gasteiger partial charge in [0.05, 0.1) is 5.02 Å². The lowest BCUT2D eigenvalue weighted by atomic mass is 10.1. The fraction of sp³-hybridized carbons (Fsp3) is 0.429. The first kappa shape index (κ1) is 14.8.